The van der Waals surface area contributed by atoms with Crippen LogP contribution in [0.4, 0.5) is 0 Å². The van der Waals surface area contributed by atoms with Crippen LogP contribution in [0.3, 0.4) is 0 Å². The second-order valence-electron chi connectivity index (χ2n) is 5.71. The normalized spacial score (nSPS) is 13.6. The van der Waals surface area contributed by atoms with Crippen molar-refractivity contribution in [1.29, 1.82) is 0 Å². The quantitative estimate of drug-likeness (QED) is 0.490. The molecule has 1 nitrogen and oxygen atoms in total. The summed E-state index contributed by atoms with van der Waals surface area (Å²) in [5.41, 5.74) is 2.36. The molecule has 0 aliphatic heterocycles. The SMILES string of the molecule is C=C[C@@H](O[C@@H](CC)c1ccc2ccccc2c1)c1ccccc1. The molecule has 0 amide bonds. The van der Waals surface area contributed by atoms with Crippen LogP contribution in [0.15, 0.2) is 85.5 Å². The Balaban J connectivity index is 1.87. The molecule has 1 heteroatoms. The predicted octanol–water partition coefficient (Wildman–Crippen LogP) is 6.23. The van der Waals surface area contributed by atoms with E-state index in [9.17, 15) is 0 Å². The average molecular weight is 302 g/mol. The molecular formula is C22H22O. The average Bonchev–Trinajstić information content (AvgIpc) is 2.63. The molecule has 0 aliphatic rings. The van der Waals surface area contributed by atoms with Gasteiger partial charge in [0.1, 0.15) is 6.10 Å². The van der Waals surface area contributed by atoms with E-state index in [1.54, 1.807) is 0 Å². The monoisotopic (exact) mass is 302 g/mol. The van der Waals surface area contributed by atoms with E-state index < -0.39 is 0 Å². The Morgan fingerprint density at radius 1 is 0.870 bits per heavy atom. The van der Waals surface area contributed by atoms with E-state index in [-0.39, 0.29) is 12.2 Å². The van der Waals surface area contributed by atoms with E-state index in [0.29, 0.717) is 0 Å². The summed E-state index contributed by atoms with van der Waals surface area (Å²) in [6, 6.07) is 25.2. The standard InChI is InChI=1S/C22H22O/c1-3-21(18-11-6-5-7-12-18)23-22(4-2)20-15-14-17-10-8-9-13-19(17)16-20/h3,5-16,21-22H,1,4H2,2H3/t21-,22+/m1/s1. The van der Waals surface area contributed by atoms with Gasteiger partial charge in [-0.3, -0.25) is 0 Å². The number of benzene rings is 3. The van der Waals surface area contributed by atoms with Crippen LogP contribution < -0.4 is 0 Å². The van der Waals surface area contributed by atoms with Crippen molar-refractivity contribution in [3.05, 3.63) is 96.6 Å². The maximum absolute atomic E-state index is 6.35. The molecule has 0 aliphatic carbocycles. The van der Waals surface area contributed by atoms with E-state index in [1.165, 1.54) is 16.3 Å². The summed E-state index contributed by atoms with van der Waals surface area (Å²) in [5, 5.41) is 2.51. The van der Waals surface area contributed by atoms with E-state index in [0.717, 1.165) is 12.0 Å². The molecule has 3 aromatic rings. The zero-order valence-electron chi connectivity index (χ0n) is 13.5. The molecule has 0 radical (unpaired) electrons. The Morgan fingerprint density at radius 3 is 2.26 bits per heavy atom. The molecule has 0 heterocycles. The van der Waals surface area contributed by atoms with Gasteiger partial charge in [-0.1, -0.05) is 79.7 Å². The topological polar surface area (TPSA) is 9.23 Å². The first-order valence-corrected chi connectivity index (χ1v) is 8.13. The highest BCUT2D eigenvalue weighted by molar-refractivity contribution is 5.83. The fourth-order valence-corrected chi connectivity index (χ4v) is 2.91. The first kappa shape index (κ1) is 15.5. The fourth-order valence-electron chi connectivity index (χ4n) is 2.91. The lowest BCUT2D eigenvalue weighted by atomic mass is 10.0. The molecule has 0 saturated carbocycles. The van der Waals surface area contributed by atoms with Crippen molar-refractivity contribution in [2.75, 3.05) is 0 Å². The number of hydrogen-bond acceptors (Lipinski definition) is 1. The van der Waals surface area contributed by atoms with Gasteiger partial charge in [-0.2, -0.15) is 0 Å². The van der Waals surface area contributed by atoms with Crippen LogP contribution in [0, 0.1) is 0 Å². The number of ether oxygens (including phenoxy) is 1. The summed E-state index contributed by atoms with van der Waals surface area (Å²) >= 11 is 0. The molecule has 2 atom stereocenters. The van der Waals surface area contributed by atoms with Gasteiger partial charge in [0.05, 0.1) is 6.10 Å². The molecular weight excluding hydrogens is 280 g/mol. The maximum Gasteiger partial charge on any atom is 0.101 e. The summed E-state index contributed by atoms with van der Waals surface area (Å²) in [6.07, 6.45) is 2.77. The maximum atomic E-state index is 6.35. The van der Waals surface area contributed by atoms with E-state index in [2.05, 4.69) is 68.1 Å². The zero-order chi connectivity index (χ0) is 16.1. The van der Waals surface area contributed by atoms with Gasteiger partial charge >= 0.3 is 0 Å². The van der Waals surface area contributed by atoms with Crippen LogP contribution in [0.1, 0.15) is 36.7 Å². The Kier molecular flexibility index (Phi) is 4.89. The highest BCUT2D eigenvalue weighted by Crippen LogP contribution is 2.31. The second-order valence-corrected chi connectivity index (χ2v) is 5.71. The minimum Gasteiger partial charge on any atom is -0.362 e. The minimum atomic E-state index is -0.0902. The van der Waals surface area contributed by atoms with Gasteiger partial charge in [-0.25, -0.2) is 0 Å². The lowest BCUT2D eigenvalue weighted by Gasteiger charge is -2.23. The van der Waals surface area contributed by atoms with Gasteiger partial charge in [0.25, 0.3) is 0 Å². The van der Waals surface area contributed by atoms with Crippen LogP contribution >= 0.6 is 0 Å². The lowest BCUT2D eigenvalue weighted by Crippen LogP contribution is -2.08. The van der Waals surface area contributed by atoms with Crippen molar-refractivity contribution in [2.45, 2.75) is 25.6 Å². The summed E-state index contributed by atoms with van der Waals surface area (Å²) in [4.78, 5) is 0. The third kappa shape index (κ3) is 3.52. The Bertz CT molecular complexity index is 776. The summed E-state index contributed by atoms with van der Waals surface area (Å²) in [7, 11) is 0. The molecule has 0 bridgehead atoms. The van der Waals surface area contributed by atoms with E-state index in [1.807, 2.05) is 24.3 Å². The molecule has 0 fully saturated rings. The third-order valence-corrected chi connectivity index (χ3v) is 4.17. The Hall–Kier alpha value is -2.38. The summed E-state index contributed by atoms with van der Waals surface area (Å²) < 4.78 is 6.35. The van der Waals surface area contributed by atoms with Crippen molar-refractivity contribution in [3.63, 3.8) is 0 Å². The van der Waals surface area contributed by atoms with Gasteiger partial charge in [0.2, 0.25) is 0 Å². The first-order chi connectivity index (χ1) is 11.3. The predicted molar refractivity (Wildman–Crippen MR) is 97.4 cm³/mol. The highest BCUT2D eigenvalue weighted by atomic mass is 16.5. The van der Waals surface area contributed by atoms with Crippen LogP contribution in [0.5, 0.6) is 0 Å². The van der Waals surface area contributed by atoms with Crippen molar-refractivity contribution in [1.82, 2.24) is 0 Å². The molecule has 3 rings (SSSR count). The van der Waals surface area contributed by atoms with Crippen molar-refractivity contribution >= 4 is 10.8 Å². The van der Waals surface area contributed by atoms with Crippen LogP contribution in [0.2, 0.25) is 0 Å². The van der Waals surface area contributed by atoms with Gasteiger partial charge in [-0.05, 0) is 34.4 Å². The minimum absolute atomic E-state index is 0.0582. The highest BCUT2D eigenvalue weighted by Gasteiger charge is 2.16. The van der Waals surface area contributed by atoms with Crippen LogP contribution in [0.25, 0.3) is 10.8 Å². The molecule has 3 aromatic carbocycles. The van der Waals surface area contributed by atoms with Crippen molar-refractivity contribution < 1.29 is 4.74 Å². The second kappa shape index (κ2) is 7.26. The molecule has 23 heavy (non-hydrogen) atoms. The van der Waals surface area contributed by atoms with Crippen LogP contribution in [-0.4, -0.2) is 0 Å². The van der Waals surface area contributed by atoms with Gasteiger partial charge in [0.15, 0.2) is 0 Å². The number of fused-ring (bicyclic) bond motifs is 1. The zero-order valence-corrected chi connectivity index (χ0v) is 13.5. The fraction of sp³-hybridized carbons (Fsp3) is 0.182. The molecule has 0 unspecified atom stereocenters. The Morgan fingerprint density at radius 2 is 1.57 bits per heavy atom. The van der Waals surface area contributed by atoms with Crippen molar-refractivity contribution in [3.8, 4) is 0 Å². The summed E-state index contributed by atoms with van der Waals surface area (Å²) in [5.74, 6) is 0. The molecule has 0 aromatic heterocycles. The van der Waals surface area contributed by atoms with Gasteiger partial charge in [0, 0.05) is 0 Å². The smallest absolute Gasteiger partial charge is 0.101 e. The largest absolute Gasteiger partial charge is 0.362 e. The molecule has 0 saturated heterocycles. The van der Waals surface area contributed by atoms with E-state index >= 15 is 0 Å². The lowest BCUT2D eigenvalue weighted by molar-refractivity contribution is 0.00887. The molecule has 116 valence electrons. The van der Waals surface area contributed by atoms with Gasteiger partial charge < -0.3 is 4.74 Å². The Labute approximate surface area is 138 Å². The van der Waals surface area contributed by atoms with Crippen LogP contribution in [-0.2, 0) is 4.74 Å². The first-order valence-electron chi connectivity index (χ1n) is 8.13. The third-order valence-electron chi connectivity index (χ3n) is 4.17. The van der Waals surface area contributed by atoms with Gasteiger partial charge in [-0.15, -0.1) is 6.58 Å². The van der Waals surface area contributed by atoms with E-state index in [4.69, 9.17) is 4.74 Å². The molecule has 0 N–H and O–H groups in total. The number of hydrogen-bond donors (Lipinski definition) is 0. The summed E-state index contributed by atoms with van der Waals surface area (Å²) in [6.45, 7) is 6.10. The van der Waals surface area contributed by atoms with Crippen molar-refractivity contribution in [2.24, 2.45) is 0 Å². The molecule has 0 spiro atoms. The number of rotatable bonds is 6.